The van der Waals surface area contributed by atoms with Gasteiger partial charge in [0.2, 0.25) is 0 Å². The molecule has 10 heteroatoms. The van der Waals surface area contributed by atoms with Gasteiger partial charge in [0, 0.05) is 13.0 Å². The van der Waals surface area contributed by atoms with Crippen molar-refractivity contribution in [2.75, 3.05) is 13.2 Å². The first-order chi connectivity index (χ1) is 14.3. The molecule has 9 nitrogen and oxygen atoms in total. The van der Waals surface area contributed by atoms with Crippen molar-refractivity contribution in [1.29, 1.82) is 0 Å². The van der Waals surface area contributed by atoms with Gasteiger partial charge in [0.25, 0.3) is 0 Å². The van der Waals surface area contributed by atoms with Gasteiger partial charge in [0.05, 0.1) is 43.0 Å². The van der Waals surface area contributed by atoms with Crippen LogP contribution in [-0.2, 0) is 27.8 Å². The molecule has 1 saturated carbocycles. The Bertz CT molecular complexity index is 657. The van der Waals surface area contributed by atoms with Crippen molar-refractivity contribution < 1.29 is 37.8 Å². The van der Waals surface area contributed by atoms with Crippen molar-refractivity contribution in [1.82, 2.24) is 0 Å². The van der Waals surface area contributed by atoms with Crippen LogP contribution in [0.5, 0.6) is 0 Å². The average molecular weight is 466 g/mol. The lowest BCUT2D eigenvalue weighted by Gasteiger charge is -2.34. The minimum Gasteiger partial charge on any atom is -0.409 e. The molecule has 2 aliphatic rings. The van der Waals surface area contributed by atoms with E-state index in [1.807, 2.05) is 41.5 Å². The Morgan fingerprint density at radius 1 is 1.26 bits per heavy atom. The van der Waals surface area contributed by atoms with Gasteiger partial charge in [-0.1, -0.05) is 13.5 Å². The molecule has 1 aliphatic heterocycles. The maximum Gasteiger partial charge on any atom is 0.527 e. The van der Waals surface area contributed by atoms with Crippen LogP contribution in [0.3, 0.4) is 0 Å². The molecule has 31 heavy (non-hydrogen) atoms. The molecule has 0 radical (unpaired) electrons. The van der Waals surface area contributed by atoms with Gasteiger partial charge in [-0.25, -0.2) is 4.57 Å². The van der Waals surface area contributed by atoms with E-state index in [0.717, 1.165) is 0 Å². The second-order valence-corrected chi connectivity index (χ2v) is 10.7. The van der Waals surface area contributed by atoms with Crippen molar-refractivity contribution in [2.45, 2.75) is 96.6 Å². The van der Waals surface area contributed by atoms with Gasteiger partial charge in [0.15, 0.2) is 0 Å². The number of phosphoric acid groups is 1. The summed E-state index contributed by atoms with van der Waals surface area (Å²) in [7, 11) is -4.58. The maximum absolute atomic E-state index is 12.9. The molecule has 182 valence electrons. The smallest absolute Gasteiger partial charge is 0.409 e. The Labute approximate surface area is 185 Å². The quantitative estimate of drug-likeness (QED) is 0.311. The summed E-state index contributed by atoms with van der Waals surface area (Å²) in [5, 5.41) is 10.6. The van der Waals surface area contributed by atoms with Gasteiger partial charge in [-0.05, 0) is 47.0 Å². The summed E-state index contributed by atoms with van der Waals surface area (Å²) in [4.78, 5) is 10.5. The van der Waals surface area contributed by atoms with Crippen molar-refractivity contribution in [2.24, 2.45) is 17.6 Å². The summed E-state index contributed by atoms with van der Waals surface area (Å²) >= 11 is 0. The summed E-state index contributed by atoms with van der Waals surface area (Å²) in [5.74, 6) is -0.726. The van der Waals surface area contributed by atoms with Crippen LogP contribution < -0.4 is 5.73 Å². The molecule has 8 atom stereocenters. The zero-order valence-corrected chi connectivity index (χ0v) is 20.4. The molecule has 0 aromatic carbocycles. The highest BCUT2D eigenvalue weighted by atomic mass is 31.2. The monoisotopic (exact) mass is 465 g/mol. The highest BCUT2D eigenvalue weighted by Crippen LogP contribution is 2.53. The average Bonchev–Trinajstić information content (AvgIpc) is 3.07. The molecule has 0 spiro atoms. The molecule has 0 aromatic heterocycles. The van der Waals surface area contributed by atoms with Crippen LogP contribution in [-0.4, -0.2) is 65.4 Å². The molecule has 1 saturated heterocycles. The van der Waals surface area contributed by atoms with Gasteiger partial charge >= 0.3 is 7.82 Å². The Hall–Kier alpha value is -0.510. The fourth-order valence-electron chi connectivity index (χ4n) is 4.36. The zero-order chi connectivity index (χ0) is 23.6. The minimum atomic E-state index is -4.58. The molecule has 1 aliphatic carbocycles. The van der Waals surface area contributed by atoms with Gasteiger partial charge in [0.1, 0.15) is 17.5 Å². The number of hydrogen-bond donors (Lipinski definition) is 3. The SMILES string of the molecule is C=C(OP(=O)(O)OC1CC(C)OC1(CN)COC(C)C)C1C(OC(C)C)CC(C)C1O. The summed E-state index contributed by atoms with van der Waals surface area (Å²) in [5.41, 5.74) is 4.90. The summed E-state index contributed by atoms with van der Waals surface area (Å²) in [6.07, 6.45) is -1.37. The Morgan fingerprint density at radius 2 is 1.90 bits per heavy atom. The summed E-state index contributed by atoms with van der Waals surface area (Å²) in [6, 6.07) is 0. The lowest BCUT2D eigenvalue weighted by molar-refractivity contribution is -0.124. The topological polar surface area (TPSA) is 130 Å². The predicted octanol–water partition coefficient (Wildman–Crippen LogP) is 2.74. The molecule has 8 unspecified atom stereocenters. The summed E-state index contributed by atoms with van der Waals surface area (Å²) in [6.45, 7) is 15.3. The Morgan fingerprint density at radius 3 is 2.45 bits per heavy atom. The predicted molar refractivity (Wildman–Crippen MR) is 116 cm³/mol. The van der Waals surface area contributed by atoms with Gasteiger partial charge in [-0.15, -0.1) is 0 Å². The highest BCUT2D eigenvalue weighted by Gasteiger charge is 2.52. The van der Waals surface area contributed by atoms with Crippen LogP contribution in [0.4, 0.5) is 0 Å². The third-order valence-electron chi connectivity index (χ3n) is 5.84. The molecule has 0 bridgehead atoms. The van der Waals surface area contributed by atoms with E-state index in [1.54, 1.807) is 0 Å². The van der Waals surface area contributed by atoms with E-state index in [2.05, 4.69) is 6.58 Å². The highest BCUT2D eigenvalue weighted by molar-refractivity contribution is 7.47. The first kappa shape index (κ1) is 26.7. The lowest BCUT2D eigenvalue weighted by Crippen LogP contribution is -2.51. The number of nitrogens with two attached hydrogens (primary N) is 1. The van der Waals surface area contributed by atoms with E-state index in [-0.39, 0.29) is 49.2 Å². The molecular formula is C21H40NO8P. The maximum atomic E-state index is 12.9. The molecule has 2 rings (SSSR count). The Kier molecular flexibility index (Phi) is 9.15. The van der Waals surface area contributed by atoms with E-state index in [9.17, 15) is 14.6 Å². The van der Waals surface area contributed by atoms with E-state index in [4.69, 9.17) is 29.0 Å². The largest absolute Gasteiger partial charge is 0.527 e. The zero-order valence-electron chi connectivity index (χ0n) is 19.5. The van der Waals surface area contributed by atoms with E-state index < -0.39 is 31.5 Å². The molecule has 0 amide bonds. The number of ether oxygens (including phenoxy) is 3. The Balaban J connectivity index is 2.11. The molecular weight excluding hydrogens is 425 g/mol. The molecule has 0 aromatic rings. The summed E-state index contributed by atoms with van der Waals surface area (Å²) < 4.78 is 41.3. The number of aliphatic hydroxyl groups excluding tert-OH is 1. The van der Waals surface area contributed by atoms with Crippen LogP contribution in [0.25, 0.3) is 0 Å². The van der Waals surface area contributed by atoms with Crippen molar-refractivity contribution >= 4 is 7.82 Å². The molecule has 1 heterocycles. The molecule has 2 fully saturated rings. The first-order valence-electron chi connectivity index (χ1n) is 11.0. The normalized spacial score (nSPS) is 38.0. The lowest BCUT2D eigenvalue weighted by atomic mass is 9.97. The standard InChI is InChI=1S/C21H40NO8P/c1-12(2)26-11-21(10-22)18(9-15(6)28-21)30-31(24,25)29-16(7)19-17(27-13(3)4)8-14(5)20(19)23/h12-15,17-20,23H,7-11,22H2,1-6H3,(H,24,25). The number of hydrogen-bond acceptors (Lipinski definition) is 8. The minimum absolute atomic E-state index is 0.0305. The number of phosphoric ester groups is 1. The van der Waals surface area contributed by atoms with Crippen molar-refractivity contribution in [3.05, 3.63) is 12.3 Å². The van der Waals surface area contributed by atoms with Gasteiger partial charge in [-0.3, -0.25) is 9.42 Å². The number of aliphatic hydroxyl groups is 1. The van der Waals surface area contributed by atoms with Crippen LogP contribution in [0, 0.1) is 11.8 Å². The van der Waals surface area contributed by atoms with Crippen LogP contribution in [0.2, 0.25) is 0 Å². The van der Waals surface area contributed by atoms with Crippen LogP contribution in [0.1, 0.15) is 54.4 Å². The van der Waals surface area contributed by atoms with Crippen LogP contribution >= 0.6 is 7.82 Å². The van der Waals surface area contributed by atoms with E-state index >= 15 is 0 Å². The van der Waals surface area contributed by atoms with E-state index in [0.29, 0.717) is 12.8 Å². The number of rotatable bonds is 11. The van der Waals surface area contributed by atoms with Gasteiger partial charge < -0.3 is 29.6 Å². The van der Waals surface area contributed by atoms with Crippen molar-refractivity contribution in [3.63, 3.8) is 0 Å². The third kappa shape index (κ3) is 6.74. The first-order valence-corrected chi connectivity index (χ1v) is 12.5. The molecule has 4 N–H and O–H groups in total. The van der Waals surface area contributed by atoms with E-state index in [1.165, 1.54) is 0 Å². The van der Waals surface area contributed by atoms with Gasteiger partial charge in [-0.2, -0.15) is 0 Å². The third-order valence-corrected chi connectivity index (χ3v) is 6.83. The fraction of sp³-hybridized carbons (Fsp3) is 0.905. The second-order valence-electron chi connectivity index (χ2n) is 9.37. The van der Waals surface area contributed by atoms with Crippen LogP contribution in [0.15, 0.2) is 12.3 Å². The second kappa shape index (κ2) is 10.6. The fourth-order valence-corrected chi connectivity index (χ4v) is 5.42. The van der Waals surface area contributed by atoms with Crippen molar-refractivity contribution in [3.8, 4) is 0 Å².